The molecule has 110 valence electrons. The summed E-state index contributed by atoms with van der Waals surface area (Å²) < 4.78 is 0.889. The third-order valence-corrected chi connectivity index (χ3v) is 5.43. The van der Waals surface area contributed by atoms with E-state index in [2.05, 4.69) is 31.8 Å². The van der Waals surface area contributed by atoms with E-state index >= 15 is 0 Å². The average molecular weight is 376 g/mol. The van der Waals surface area contributed by atoms with E-state index in [1.165, 1.54) is 11.8 Å². The summed E-state index contributed by atoms with van der Waals surface area (Å²) in [4.78, 5) is 11.5. The number of carbonyl (C=O) groups excluding carboxylic acids is 1. The zero-order chi connectivity index (χ0) is 15.3. The summed E-state index contributed by atoms with van der Waals surface area (Å²) in [6, 6.07) is 12.6. The highest BCUT2D eigenvalue weighted by Gasteiger charge is 2.52. The molecule has 2 aromatic carbocycles. The van der Waals surface area contributed by atoms with Crippen molar-refractivity contribution in [1.82, 2.24) is 5.43 Å². The first-order valence-electron chi connectivity index (χ1n) is 6.54. The normalized spacial score (nSPS) is 22.2. The summed E-state index contributed by atoms with van der Waals surface area (Å²) in [5.41, 5.74) is 5.14. The smallest absolute Gasteiger partial charge is 0.267 e. The lowest BCUT2D eigenvalue weighted by Gasteiger charge is -2.20. The number of hydrazone groups is 1. The molecule has 0 bridgehead atoms. The third kappa shape index (κ3) is 1.85. The van der Waals surface area contributed by atoms with Crippen LogP contribution in [0.4, 0.5) is 5.69 Å². The van der Waals surface area contributed by atoms with Crippen molar-refractivity contribution in [3.05, 3.63) is 58.1 Å². The highest BCUT2D eigenvalue weighted by atomic mass is 79.9. The number of aromatic hydroxyl groups is 1. The molecular weight excluding hydrogens is 366 g/mol. The van der Waals surface area contributed by atoms with Gasteiger partial charge in [-0.15, -0.1) is 0 Å². The number of phenols is 1. The van der Waals surface area contributed by atoms with Gasteiger partial charge in [-0.3, -0.25) is 10.2 Å². The van der Waals surface area contributed by atoms with Crippen LogP contribution in [0.3, 0.4) is 0 Å². The molecule has 5 nitrogen and oxygen atoms in total. The predicted octanol–water partition coefficient (Wildman–Crippen LogP) is 2.96. The maximum absolute atomic E-state index is 12.5. The fraction of sp³-hybridized carbons (Fsp3) is 0.0667. The molecule has 0 aliphatic carbocycles. The molecule has 2 aromatic rings. The van der Waals surface area contributed by atoms with Gasteiger partial charge in [-0.2, -0.15) is 5.10 Å². The number of nitrogens with one attached hydrogen (secondary N) is 2. The molecule has 0 saturated heterocycles. The third-order valence-electron chi connectivity index (χ3n) is 3.63. The molecule has 0 aromatic heterocycles. The number of hydrogen-bond acceptors (Lipinski definition) is 5. The van der Waals surface area contributed by atoms with Gasteiger partial charge in [0.15, 0.2) is 0 Å². The monoisotopic (exact) mass is 375 g/mol. The Morgan fingerprint density at radius 1 is 1.23 bits per heavy atom. The van der Waals surface area contributed by atoms with Crippen molar-refractivity contribution in [1.29, 1.82) is 0 Å². The molecule has 1 spiro atoms. The number of para-hydroxylation sites is 1. The molecule has 0 fully saturated rings. The van der Waals surface area contributed by atoms with Crippen molar-refractivity contribution < 1.29 is 9.90 Å². The first-order chi connectivity index (χ1) is 10.6. The fourth-order valence-electron chi connectivity index (χ4n) is 2.55. The molecule has 0 saturated carbocycles. The summed E-state index contributed by atoms with van der Waals surface area (Å²) in [5, 5.41) is 17.7. The molecule has 3 N–H and O–H groups in total. The van der Waals surface area contributed by atoms with Crippen molar-refractivity contribution >= 4 is 44.3 Å². The molecule has 2 aliphatic rings. The highest BCUT2D eigenvalue weighted by molar-refractivity contribution is 9.10. The molecule has 7 heteroatoms. The first-order valence-corrected chi connectivity index (χ1v) is 8.15. The van der Waals surface area contributed by atoms with Crippen LogP contribution in [0, 0.1) is 0 Å². The van der Waals surface area contributed by atoms with Crippen molar-refractivity contribution in [2.24, 2.45) is 5.10 Å². The van der Waals surface area contributed by atoms with Crippen LogP contribution < -0.4 is 10.7 Å². The largest absolute Gasteiger partial charge is 0.507 e. The Kier molecular flexibility index (Phi) is 2.95. The lowest BCUT2D eigenvalue weighted by atomic mass is 10.1. The van der Waals surface area contributed by atoms with Crippen LogP contribution in [0.1, 0.15) is 11.1 Å². The van der Waals surface area contributed by atoms with Crippen molar-refractivity contribution in [3.63, 3.8) is 0 Å². The molecule has 22 heavy (non-hydrogen) atoms. The number of thioether (sulfide) groups is 1. The van der Waals surface area contributed by atoms with Crippen LogP contribution in [0.25, 0.3) is 0 Å². The van der Waals surface area contributed by atoms with Crippen molar-refractivity contribution in [2.45, 2.75) is 4.87 Å². The first kappa shape index (κ1) is 13.7. The average Bonchev–Trinajstić information content (AvgIpc) is 3.05. The number of halogens is 1. The van der Waals surface area contributed by atoms with E-state index in [0.717, 1.165) is 15.7 Å². The fourth-order valence-corrected chi connectivity index (χ4v) is 4.09. The van der Waals surface area contributed by atoms with E-state index in [1.54, 1.807) is 18.2 Å². The van der Waals surface area contributed by atoms with Gasteiger partial charge in [-0.05, 0) is 30.3 Å². The van der Waals surface area contributed by atoms with Crippen molar-refractivity contribution in [3.8, 4) is 5.75 Å². The SMILES string of the molecule is O=C1Nc2ccc(Br)cc2C12NN=C(c1ccccc1O)S2. The second kappa shape index (κ2) is 4.76. The Morgan fingerprint density at radius 2 is 2.05 bits per heavy atom. The minimum absolute atomic E-state index is 0.139. The Morgan fingerprint density at radius 3 is 2.86 bits per heavy atom. The zero-order valence-corrected chi connectivity index (χ0v) is 13.5. The van der Waals surface area contributed by atoms with Crippen LogP contribution in [0.2, 0.25) is 0 Å². The van der Waals surface area contributed by atoms with Gasteiger partial charge in [0.1, 0.15) is 10.8 Å². The lowest BCUT2D eigenvalue weighted by Crippen LogP contribution is -2.39. The quantitative estimate of drug-likeness (QED) is 0.716. The summed E-state index contributed by atoms with van der Waals surface area (Å²) >= 11 is 4.73. The molecule has 1 unspecified atom stereocenters. The highest BCUT2D eigenvalue weighted by Crippen LogP contribution is 2.49. The lowest BCUT2D eigenvalue weighted by molar-refractivity contribution is -0.118. The molecule has 2 aliphatic heterocycles. The number of carbonyl (C=O) groups is 1. The molecule has 1 amide bonds. The van der Waals surface area contributed by atoms with E-state index in [4.69, 9.17) is 0 Å². The van der Waals surface area contributed by atoms with Gasteiger partial charge >= 0.3 is 0 Å². The number of nitrogens with zero attached hydrogens (tertiary/aromatic N) is 1. The van der Waals surface area contributed by atoms with E-state index in [1.807, 2.05) is 24.3 Å². The molecule has 1 atom stereocenters. The summed E-state index contributed by atoms with van der Waals surface area (Å²) in [5.74, 6) is -0.0276. The number of amides is 1. The van der Waals surface area contributed by atoms with E-state index in [9.17, 15) is 9.90 Å². The van der Waals surface area contributed by atoms with Gasteiger partial charge in [0.2, 0.25) is 4.87 Å². The summed E-state index contributed by atoms with van der Waals surface area (Å²) in [7, 11) is 0. The maximum atomic E-state index is 12.5. The van der Waals surface area contributed by atoms with Gasteiger partial charge in [-0.25, -0.2) is 0 Å². The van der Waals surface area contributed by atoms with Crippen LogP contribution in [-0.4, -0.2) is 16.1 Å². The second-order valence-corrected chi connectivity index (χ2v) is 7.09. The van der Waals surface area contributed by atoms with Gasteiger partial charge in [-0.1, -0.05) is 39.8 Å². The molecular formula is C15H10BrN3O2S. The minimum Gasteiger partial charge on any atom is -0.507 e. The molecule has 0 radical (unpaired) electrons. The predicted molar refractivity (Wildman–Crippen MR) is 89.8 cm³/mol. The van der Waals surface area contributed by atoms with Crippen molar-refractivity contribution in [2.75, 3.05) is 5.32 Å². The second-order valence-electron chi connectivity index (χ2n) is 4.97. The molecule has 4 rings (SSSR count). The minimum atomic E-state index is -0.989. The number of benzene rings is 2. The Bertz CT molecular complexity index is 839. The molecule has 2 heterocycles. The van der Waals surface area contributed by atoms with Gasteiger partial charge in [0, 0.05) is 15.7 Å². The number of phenolic OH excluding ortho intramolecular Hbond substituents is 1. The van der Waals surface area contributed by atoms with Crippen LogP contribution in [-0.2, 0) is 9.67 Å². The Hall–Kier alpha value is -1.99. The van der Waals surface area contributed by atoms with E-state index in [0.29, 0.717) is 10.6 Å². The van der Waals surface area contributed by atoms with Crippen LogP contribution in [0.15, 0.2) is 52.0 Å². The number of hydrogen-bond donors (Lipinski definition) is 3. The number of rotatable bonds is 1. The Balaban J connectivity index is 1.77. The summed E-state index contributed by atoms with van der Waals surface area (Å²) in [6.07, 6.45) is 0. The van der Waals surface area contributed by atoms with Crippen LogP contribution in [0.5, 0.6) is 5.75 Å². The topological polar surface area (TPSA) is 73.7 Å². The van der Waals surface area contributed by atoms with Gasteiger partial charge < -0.3 is 10.4 Å². The van der Waals surface area contributed by atoms with E-state index in [-0.39, 0.29) is 11.7 Å². The standard InChI is InChI=1S/C15H10BrN3O2S/c16-8-5-6-11-10(7-8)15(14(21)17-11)19-18-13(22-15)9-3-1-2-4-12(9)20/h1-7,19-20H,(H,17,21). The van der Waals surface area contributed by atoms with Gasteiger partial charge in [0.25, 0.3) is 5.91 Å². The van der Waals surface area contributed by atoms with Gasteiger partial charge in [0.05, 0.1) is 5.56 Å². The zero-order valence-electron chi connectivity index (χ0n) is 11.1. The number of anilines is 1. The summed E-state index contributed by atoms with van der Waals surface area (Å²) in [6.45, 7) is 0. The van der Waals surface area contributed by atoms with E-state index < -0.39 is 4.87 Å². The van der Waals surface area contributed by atoms with Crippen LogP contribution >= 0.6 is 27.7 Å². The Labute approximate surface area is 138 Å². The maximum Gasteiger partial charge on any atom is 0.267 e. The number of fused-ring (bicyclic) bond motifs is 2.